The summed E-state index contributed by atoms with van der Waals surface area (Å²) in [7, 11) is 0. The Hall–Kier alpha value is -3.30. The van der Waals surface area contributed by atoms with Crippen LogP contribution in [0, 0.1) is 13.7 Å². The van der Waals surface area contributed by atoms with Crippen LogP contribution in [0.15, 0.2) is 41.5 Å². The number of hydrogen-bond acceptors (Lipinski definition) is 7. The van der Waals surface area contributed by atoms with Crippen LogP contribution in [-0.2, 0) is 0 Å². The second-order valence-corrected chi connectivity index (χ2v) is 8.20. The van der Waals surface area contributed by atoms with Gasteiger partial charge in [0.05, 0.1) is 28.8 Å². The van der Waals surface area contributed by atoms with E-state index in [9.17, 15) is 10.0 Å². The SMILES string of the molecule is [2H]C([2H])([2H])c1cn2nc(-c3cc(=O)n4cc(N5CCN(O)C6(CC6)C5)ccc4n3)cc(C([2H])([2H])[2H])c2n1. The first-order valence-electron chi connectivity index (χ1n) is 13.0. The Labute approximate surface area is 186 Å². The first-order chi connectivity index (χ1) is 17.3. The van der Waals surface area contributed by atoms with Crippen LogP contribution in [0.1, 0.15) is 32.3 Å². The largest absolute Gasteiger partial charge is 0.367 e. The van der Waals surface area contributed by atoms with Gasteiger partial charge in [-0.25, -0.2) is 14.5 Å². The van der Waals surface area contributed by atoms with E-state index in [1.54, 1.807) is 12.3 Å². The molecule has 4 aromatic heterocycles. The third kappa shape index (κ3) is 2.92. The molecule has 1 aliphatic heterocycles. The number of hydrogen-bond donors (Lipinski definition) is 1. The van der Waals surface area contributed by atoms with E-state index in [0.717, 1.165) is 23.0 Å². The second kappa shape index (κ2) is 6.35. The van der Waals surface area contributed by atoms with Crippen molar-refractivity contribution in [2.45, 2.75) is 32.1 Å². The maximum Gasteiger partial charge on any atom is 0.258 e. The van der Waals surface area contributed by atoms with Crippen molar-refractivity contribution in [3.63, 3.8) is 0 Å². The number of aryl methyl sites for hydroxylation is 2. The van der Waals surface area contributed by atoms with E-state index < -0.39 is 13.7 Å². The summed E-state index contributed by atoms with van der Waals surface area (Å²) in [5.41, 5.74) is 0.287. The van der Waals surface area contributed by atoms with Gasteiger partial charge in [0.2, 0.25) is 0 Å². The van der Waals surface area contributed by atoms with Gasteiger partial charge in [-0.3, -0.25) is 9.20 Å². The zero-order valence-corrected chi connectivity index (χ0v) is 16.5. The zero-order valence-electron chi connectivity index (χ0n) is 22.5. The van der Waals surface area contributed by atoms with E-state index in [1.807, 2.05) is 6.07 Å². The highest BCUT2D eigenvalue weighted by atomic mass is 16.5. The molecule has 1 spiro atoms. The van der Waals surface area contributed by atoms with Gasteiger partial charge in [-0.15, -0.1) is 0 Å². The summed E-state index contributed by atoms with van der Waals surface area (Å²) in [5.74, 6) is 0. The molecule has 5 heterocycles. The minimum atomic E-state index is -2.60. The van der Waals surface area contributed by atoms with Crippen molar-refractivity contribution in [1.29, 1.82) is 0 Å². The number of imidazole rings is 1. The summed E-state index contributed by atoms with van der Waals surface area (Å²) >= 11 is 0. The highest BCUT2D eigenvalue weighted by molar-refractivity contribution is 5.62. The average molecular weight is 424 g/mol. The smallest absolute Gasteiger partial charge is 0.258 e. The Morgan fingerprint density at radius 1 is 1.10 bits per heavy atom. The van der Waals surface area contributed by atoms with Crippen LogP contribution >= 0.6 is 0 Å². The van der Waals surface area contributed by atoms with Gasteiger partial charge in [0.1, 0.15) is 11.3 Å². The number of hydroxylamine groups is 2. The molecule has 0 aromatic carbocycles. The molecule has 2 fully saturated rings. The van der Waals surface area contributed by atoms with Crippen molar-refractivity contribution in [2.75, 3.05) is 24.5 Å². The molecule has 1 N–H and O–H groups in total. The van der Waals surface area contributed by atoms with E-state index in [4.69, 9.17) is 8.22 Å². The summed E-state index contributed by atoms with van der Waals surface area (Å²) < 4.78 is 49.1. The van der Waals surface area contributed by atoms with Crippen molar-refractivity contribution in [3.8, 4) is 11.4 Å². The molecular weight excluding hydrogens is 394 g/mol. The molecule has 0 bridgehead atoms. The molecule has 1 aliphatic carbocycles. The lowest BCUT2D eigenvalue weighted by Gasteiger charge is -2.39. The van der Waals surface area contributed by atoms with Crippen molar-refractivity contribution in [2.24, 2.45) is 0 Å². The summed E-state index contributed by atoms with van der Waals surface area (Å²) in [6.45, 7) is -3.34. The second-order valence-electron chi connectivity index (χ2n) is 8.20. The molecule has 0 atom stereocenters. The predicted octanol–water partition coefficient (Wildman–Crippen LogP) is 2.06. The molecule has 0 amide bonds. The number of anilines is 1. The topological polar surface area (TPSA) is 91.3 Å². The van der Waals surface area contributed by atoms with Crippen LogP contribution in [0.2, 0.25) is 0 Å². The fourth-order valence-corrected chi connectivity index (χ4v) is 4.26. The van der Waals surface area contributed by atoms with Gasteiger partial charge in [-0.1, -0.05) is 0 Å². The summed E-state index contributed by atoms with van der Waals surface area (Å²) in [6.07, 6.45) is 4.73. The normalized spacial score (nSPS) is 22.0. The van der Waals surface area contributed by atoms with E-state index in [2.05, 4.69) is 20.0 Å². The first kappa shape index (κ1) is 13.2. The van der Waals surface area contributed by atoms with Gasteiger partial charge in [0, 0.05) is 40.1 Å². The van der Waals surface area contributed by atoms with Gasteiger partial charge < -0.3 is 10.1 Å². The molecule has 6 rings (SSSR count). The van der Waals surface area contributed by atoms with Crippen molar-refractivity contribution >= 4 is 17.0 Å². The molecule has 1 saturated carbocycles. The lowest BCUT2D eigenvalue weighted by molar-refractivity contribution is -0.142. The monoisotopic (exact) mass is 423 g/mol. The fraction of sp³-hybridized carbons (Fsp3) is 0.364. The molecule has 9 nitrogen and oxygen atoms in total. The minimum Gasteiger partial charge on any atom is -0.367 e. The lowest BCUT2D eigenvalue weighted by Crippen LogP contribution is -2.53. The molecule has 31 heavy (non-hydrogen) atoms. The predicted molar refractivity (Wildman–Crippen MR) is 116 cm³/mol. The van der Waals surface area contributed by atoms with Crippen LogP contribution in [0.25, 0.3) is 22.7 Å². The summed E-state index contributed by atoms with van der Waals surface area (Å²) in [4.78, 5) is 23.8. The minimum absolute atomic E-state index is 0.0894. The Morgan fingerprint density at radius 2 is 2.00 bits per heavy atom. The Morgan fingerprint density at radius 3 is 2.81 bits per heavy atom. The highest BCUT2D eigenvalue weighted by Gasteiger charge is 2.51. The van der Waals surface area contributed by atoms with Crippen LogP contribution in [0.3, 0.4) is 0 Å². The van der Waals surface area contributed by atoms with Gasteiger partial charge in [-0.05, 0) is 50.3 Å². The Bertz CT molecular complexity index is 1610. The third-order valence-corrected chi connectivity index (χ3v) is 6.14. The standard InChI is InChI=1S/C22H23N7O2/c1-14-9-18(25-28-11-15(2)23-21(14)28)17-10-20(30)27-12-16(3-4-19(27)24-17)26-7-8-29(31)22(13-26)5-6-22/h3-4,9-12,31H,5-8,13H2,1-2H3/i1D3,2D3. The summed E-state index contributed by atoms with van der Waals surface area (Å²) in [5, 5.41) is 15.9. The fourth-order valence-electron chi connectivity index (χ4n) is 4.26. The molecule has 158 valence electrons. The van der Waals surface area contributed by atoms with Gasteiger partial charge in [0.25, 0.3) is 5.56 Å². The average Bonchev–Trinajstić information content (AvgIpc) is 3.45. The molecule has 0 unspecified atom stereocenters. The van der Waals surface area contributed by atoms with E-state index in [1.165, 1.54) is 27.8 Å². The van der Waals surface area contributed by atoms with E-state index in [-0.39, 0.29) is 39.4 Å². The van der Waals surface area contributed by atoms with Crippen molar-refractivity contribution in [3.05, 3.63) is 58.3 Å². The maximum absolute atomic E-state index is 13.1. The lowest BCUT2D eigenvalue weighted by atomic mass is 10.1. The van der Waals surface area contributed by atoms with E-state index >= 15 is 0 Å². The van der Waals surface area contributed by atoms with Crippen molar-refractivity contribution < 1.29 is 13.4 Å². The number of aromatic nitrogens is 5. The third-order valence-electron chi connectivity index (χ3n) is 6.14. The number of nitrogens with zero attached hydrogens (tertiary/aromatic N) is 7. The van der Waals surface area contributed by atoms with E-state index in [0.29, 0.717) is 25.3 Å². The maximum atomic E-state index is 13.1. The molecular formula is C22H23N7O2. The van der Waals surface area contributed by atoms with Crippen LogP contribution in [0.5, 0.6) is 0 Å². The van der Waals surface area contributed by atoms with Crippen LogP contribution < -0.4 is 10.5 Å². The zero-order chi connectivity index (χ0) is 26.3. The number of piperazine rings is 1. The molecule has 2 aliphatic rings. The number of rotatable bonds is 2. The van der Waals surface area contributed by atoms with Crippen LogP contribution in [0.4, 0.5) is 5.69 Å². The molecule has 1 saturated heterocycles. The molecule has 9 heteroatoms. The Kier molecular flexibility index (Phi) is 2.70. The van der Waals surface area contributed by atoms with Gasteiger partial charge in [0.15, 0.2) is 5.65 Å². The van der Waals surface area contributed by atoms with Gasteiger partial charge >= 0.3 is 0 Å². The molecule has 0 radical (unpaired) electrons. The van der Waals surface area contributed by atoms with Crippen LogP contribution in [-0.4, -0.2) is 59.4 Å². The van der Waals surface area contributed by atoms with Gasteiger partial charge in [-0.2, -0.15) is 10.2 Å². The first-order valence-corrected chi connectivity index (χ1v) is 10.0. The van der Waals surface area contributed by atoms with Crippen molar-refractivity contribution in [1.82, 2.24) is 29.0 Å². The molecule has 4 aromatic rings. The highest BCUT2D eigenvalue weighted by Crippen LogP contribution is 2.43. The summed E-state index contributed by atoms with van der Waals surface area (Å²) in [6, 6.07) is 6.11. The Balaban J connectivity index is 1.42. The number of pyridine rings is 1. The quantitative estimate of drug-likeness (QED) is 0.528. The number of fused-ring (bicyclic) bond motifs is 2.